The maximum atomic E-state index is 11.2. The van der Waals surface area contributed by atoms with E-state index in [1.807, 2.05) is 6.33 Å². The van der Waals surface area contributed by atoms with E-state index < -0.39 is 0 Å². The van der Waals surface area contributed by atoms with Crippen LogP contribution in [0.25, 0.3) is 11.0 Å². The van der Waals surface area contributed by atoms with E-state index in [1.165, 1.54) is 12.8 Å². The summed E-state index contributed by atoms with van der Waals surface area (Å²) < 4.78 is 8.01. The molecule has 2 aromatic rings. The number of amides is 1. The third-order valence-corrected chi connectivity index (χ3v) is 4.45. The second-order valence-corrected chi connectivity index (χ2v) is 6.40. The van der Waals surface area contributed by atoms with Crippen molar-refractivity contribution >= 4 is 28.5 Å². The van der Waals surface area contributed by atoms with Crippen molar-refractivity contribution in [3.63, 3.8) is 0 Å². The van der Waals surface area contributed by atoms with E-state index in [4.69, 9.17) is 16.3 Å². The lowest BCUT2D eigenvalue weighted by molar-refractivity contribution is -0.119. The third-order valence-electron chi connectivity index (χ3n) is 4.26. The Bertz CT molecular complexity index is 726. The van der Waals surface area contributed by atoms with Gasteiger partial charge in [-0.1, -0.05) is 11.6 Å². The SMILES string of the molecule is O=C1C[C@@H](CCOc2nc(Cl)cc3ncn(C4CC4)c23)CN1. The molecule has 0 bridgehead atoms. The summed E-state index contributed by atoms with van der Waals surface area (Å²) in [5.74, 6) is 1.01. The van der Waals surface area contributed by atoms with E-state index in [0.717, 1.165) is 24.0 Å². The van der Waals surface area contributed by atoms with Crippen LogP contribution >= 0.6 is 11.6 Å². The number of ether oxygens (including phenoxy) is 1. The van der Waals surface area contributed by atoms with Gasteiger partial charge in [0.2, 0.25) is 11.8 Å². The standard InChI is InChI=1S/C15H17ClN4O2/c16-12-6-11-14(20(8-18-11)10-1-2-10)15(19-12)22-4-3-9-5-13(21)17-7-9/h6,8-10H,1-5,7H2,(H,17,21)/t9-/m1/s1. The summed E-state index contributed by atoms with van der Waals surface area (Å²) in [7, 11) is 0. The van der Waals surface area contributed by atoms with Gasteiger partial charge in [-0.25, -0.2) is 4.98 Å². The number of rotatable bonds is 5. The number of nitrogens with one attached hydrogen (secondary N) is 1. The van der Waals surface area contributed by atoms with Crippen molar-refractivity contribution < 1.29 is 9.53 Å². The average Bonchev–Trinajstić information content (AvgIpc) is 3.11. The number of halogens is 1. The number of hydrogen-bond acceptors (Lipinski definition) is 4. The zero-order valence-electron chi connectivity index (χ0n) is 12.1. The van der Waals surface area contributed by atoms with Gasteiger partial charge in [-0.2, -0.15) is 4.98 Å². The van der Waals surface area contributed by atoms with Crippen LogP contribution in [-0.2, 0) is 4.79 Å². The van der Waals surface area contributed by atoms with Crippen LogP contribution in [0.2, 0.25) is 5.15 Å². The smallest absolute Gasteiger partial charge is 0.241 e. The number of carbonyl (C=O) groups excluding carboxylic acids is 1. The van der Waals surface area contributed by atoms with Crippen LogP contribution in [0.5, 0.6) is 5.88 Å². The van der Waals surface area contributed by atoms with Crippen LogP contribution in [0.4, 0.5) is 0 Å². The van der Waals surface area contributed by atoms with Gasteiger partial charge >= 0.3 is 0 Å². The lowest BCUT2D eigenvalue weighted by Crippen LogP contribution is -2.14. The Morgan fingerprint density at radius 2 is 2.32 bits per heavy atom. The number of carbonyl (C=O) groups is 1. The second-order valence-electron chi connectivity index (χ2n) is 6.01. The predicted octanol–water partition coefficient (Wildman–Crippen LogP) is 2.32. The summed E-state index contributed by atoms with van der Waals surface area (Å²) in [5, 5.41) is 3.23. The minimum absolute atomic E-state index is 0.125. The monoisotopic (exact) mass is 320 g/mol. The van der Waals surface area contributed by atoms with Gasteiger partial charge in [0, 0.05) is 25.1 Å². The Balaban J connectivity index is 1.52. The van der Waals surface area contributed by atoms with Crippen LogP contribution < -0.4 is 10.1 Å². The molecule has 1 aliphatic heterocycles. The molecule has 1 amide bonds. The molecule has 116 valence electrons. The van der Waals surface area contributed by atoms with Crippen molar-refractivity contribution in [2.75, 3.05) is 13.2 Å². The number of aromatic nitrogens is 3. The van der Waals surface area contributed by atoms with E-state index in [-0.39, 0.29) is 5.91 Å². The highest BCUT2D eigenvalue weighted by molar-refractivity contribution is 6.30. The molecule has 0 radical (unpaired) electrons. The first kappa shape index (κ1) is 13.8. The maximum Gasteiger partial charge on any atom is 0.241 e. The fraction of sp³-hybridized carbons (Fsp3) is 0.533. The zero-order chi connectivity index (χ0) is 15.1. The molecule has 1 saturated heterocycles. The van der Waals surface area contributed by atoms with Crippen molar-refractivity contribution in [2.24, 2.45) is 5.92 Å². The van der Waals surface area contributed by atoms with Crippen LogP contribution in [0.3, 0.4) is 0 Å². The second kappa shape index (κ2) is 5.43. The fourth-order valence-corrected chi connectivity index (χ4v) is 3.10. The van der Waals surface area contributed by atoms with Gasteiger partial charge in [0.15, 0.2) is 0 Å². The predicted molar refractivity (Wildman–Crippen MR) is 82.0 cm³/mol. The van der Waals surface area contributed by atoms with Crippen molar-refractivity contribution in [3.05, 3.63) is 17.5 Å². The summed E-state index contributed by atoms with van der Waals surface area (Å²) in [6.07, 6.45) is 5.59. The Morgan fingerprint density at radius 1 is 1.45 bits per heavy atom. The number of nitrogens with zero attached hydrogens (tertiary/aromatic N) is 3. The quantitative estimate of drug-likeness (QED) is 0.858. The molecule has 1 saturated carbocycles. The number of hydrogen-bond donors (Lipinski definition) is 1. The minimum Gasteiger partial charge on any atom is -0.476 e. The number of pyridine rings is 1. The molecule has 0 unspecified atom stereocenters. The van der Waals surface area contributed by atoms with E-state index in [2.05, 4.69) is 19.9 Å². The molecule has 3 heterocycles. The Hall–Kier alpha value is -1.82. The van der Waals surface area contributed by atoms with Crippen LogP contribution in [-0.4, -0.2) is 33.6 Å². The maximum absolute atomic E-state index is 11.2. The molecule has 6 nitrogen and oxygen atoms in total. The molecule has 2 aliphatic rings. The molecular formula is C15H17ClN4O2. The first-order chi connectivity index (χ1) is 10.7. The Morgan fingerprint density at radius 3 is 3.05 bits per heavy atom. The van der Waals surface area contributed by atoms with Gasteiger partial charge in [-0.3, -0.25) is 4.79 Å². The highest BCUT2D eigenvalue weighted by Gasteiger charge is 2.27. The average molecular weight is 321 g/mol. The largest absolute Gasteiger partial charge is 0.476 e. The van der Waals surface area contributed by atoms with Crippen LogP contribution in [0.1, 0.15) is 31.7 Å². The molecule has 2 fully saturated rings. The van der Waals surface area contributed by atoms with Crippen molar-refractivity contribution in [1.29, 1.82) is 0 Å². The highest BCUT2D eigenvalue weighted by atomic mass is 35.5. The van der Waals surface area contributed by atoms with E-state index in [1.54, 1.807) is 6.07 Å². The zero-order valence-corrected chi connectivity index (χ0v) is 12.8. The van der Waals surface area contributed by atoms with E-state index in [9.17, 15) is 4.79 Å². The van der Waals surface area contributed by atoms with Gasteiger partial charge in [0.1, 0.15) is 10.7 Å². The molecule has 7 heteroatoms. The topological polar surface area (TPSA) is 69.0 Å². The van der Waals surface area contributed by atoms with Crippen LogP contribution in [0.15, 0.2) is 12.4 Å². The van der Waals surface area contributed by atoms with Gasteiger partial charge in [-0.05, 0) is 25.2 Å². The molecular weight excluding hydrogens is 304 g/mol. The molecule has 1 atom stereocenters. The van der Waals surface area contributed by atoms with Crippen LogP contribution in [0, 0.1) is 5.92 Å². The van der Waals surface area contributed by atoms with E-state index in [0.29, 0.717) is 36.0 Å². The highest BCUT2D eigenvalue weighted by Crippen LogP contribution is 2.39. The van der Waals surface area contributed by atoms with Gasteiger partial charge in [0.25, 0.3) is 0 Å². The Kier molecular flexibility index (Phi) is 3.41. The summed E-state index contributed by atoms with van der Waals surface area (Å²) in [6.45, 7) is 1.26. The summed E-state index contributed by atoms with van der Waals surface area (Å²) in [6, 6.07) is 2.27. The van der Waals surface area contributed by atoms with Crippen molar-refractivity contribution in [3.8, 4) is 5.88 Å². The normalized spacial score (nSPS) is 21.3. The van der Waals surface area contributed by atoms with Crippen molar-refractivity contribution in [1.82, 2.24) is 19.9 Å². The summed E-state index contributed by atoms with van der Waals surface area (Å²) >= 11 is 6.06. The molecule has 1 aliphatic carbocycles. The third kappa shape index (κ3) is 2.63. The van der Waals surface area contributed by atoms with E-state index >= 15 is 0 Å². The Labute approximate surface area is 132 Å². The molecule has 22 heavy (non-hydrogen) atoms. The van der Waals surface area contributed by atoms with Gasteiger partial charge in [0.05, 0.1) is 18.5 Å². The lowest BCUT2D eigenvalue weighted by Gasteiger charge is -2.11. The van der Waals surface area contributed by atoms with Crippen molar-refractivity contribution in [2.45, 2.75) is 31.7 Å². The van der Waals surface area contributed by atoms with Gasteiger partial charge in [-0.15, -0.1) is 0 Å². The van der Waals surface area contributed by atoms with Gasteiger partial charge < -0.3 is 14.6 Å². The summed E-state index contributed by atoms with van der Waals surface area (Å²) in [5.41, 5.74) is 1.74. The lowest BCUT2D eigenvalue weighted by atomic mass is 10.1. The summed E-state index contributed by atoms with van der Waals surface area (Å²) in [4.78, 5) is 19.9. The number of fused-ring (bicyclic) bond motifs is 1. The molecule has 2 aromatic heterocycles. The molecule has 4 rings (SSSR count). The minimum atomic E-state index is 0.125. The molecule has 1 N–H and O–H groups in total. The molecule has 0 aromatic carbocycles. The number of imidazole rings is 1. The fourth-order valence-electron chi connectivity index (χ4n) is 2.92. The first-order valence-corrected chi connectivity index (χ1v) is 8.01. The molecule has 0 spiro atoms. The first-order valence-electron chi connectivity index (χ1n) is 7.63.